The molecule has 19 heavy (non-hydrogen) atoms. The molecule has 1 heterocycles. The number of hydrogen-bond donors (Lipinski definition) is 1. The van der Waals surface area contributed by atoms with Crippen LogP contribution in [0.15, 0.2) is 18.7 Å². The maximum atomic E-state index is 11.9. The third-order valence-electron chi connectivity index (χ3n) is 2.94. The van der Waals surface area contributed by atoms with Gasteiger partial charge in [0.2, 0.25) is 0 Å². The van der Waals surface area contributed by atoms with Crippen molar-refractivity contribution in [2.24, 2.45) is 0 Å². The van der Waals surface area contributed by atoms with E-state index < -0.39 is 0 Å². The van der Waals surface area contributed by atoms with E-state index in [4.69, 9.17) is 4.74 Å². The molecule has 0 aliphatic heterocycles. The van der Waals surface area contributed by atoms with Gasteiger partial charge in [0.1, 0.15) is 0 Å². The molecule has 6 nitrogen and oxygen atoms in total. The minimum atomic E-state index is -0.0710. The lowest BCUT2D eigenvalue weighted by atomic mass is 10.3. The van der Waals surface area contributed by atoms with Crippen molar-refractivity contribution < 1.29 is 9.53 Å². The number of carbonyl (C=O) groups is 1. The SMILES string of the molecule is CCOC(CC)CNC(=O)N(C)CCn1ccnc1. The second kappa shape index (κ2) is 8.53. The van der Waals surface area contributed by atoms with E-state index in [2.05, 4.69) is 17.2 Å². The Kier molecular flexibility index (Phi) is 6.95. The van der Waals surface area contributed by atoms with Crippen molar-refractivity contribution in [1.29, 1.82) is 0 Å². The topological polar surface area (TPSA) is 59.4 Å². The van der Waals surface area contributed by atoms with E-state index >= 15 is 0 Å². The molecule has 1 unspecified atom stereocenters. The van der Waals surface area contributed by atoms with Crippen LogP contribution in [0.2, 0.25) is 0 Å². The van der Waals surface area contributed by atoms with Gasteiger partial charge in [-0.05, 0) is 13.3 Å². The van der Waals surface area contributed by atoms with Crippen LogP contribution >= 0.6 is 0 Å². The van der Waals surface area contributed by atoms with E-state index in [9.17, 15) is 4.79 Å². The largest absolute Gasteiger partial charge is 0.377 e. The second-order valence-corrected chi connectivity index (χ2v) is 4.39. The van der Waals surface area contributed by atoms with Crippen LogP contribution in [-0.2, 0) is 11.3 Å². The van der Waals surface area contributed by atoms with Gasteiger partial charge in [-0.1, -0.05) is 6.92 Å². The molecule has 1 rings (SSSR count). The van der Waals surface area contributed by atoms with Crippen molar-refractivity contribution in [2.75, 3.05) is 26.7 Å². The molecule has 0 aromatic carbocycles. The molecule has 0 saturated carbocycles. The zero-order valence-electron chi connectivity index (χ0n) is 12.0. The van der Waals surface area contributed by atoms with Crippen molar-refractivity contribution in [3.8, 4) is 0 Å². The lowest BCUT2D eigenvalue weighted by Gasteiger charge is -2.21. The summed E-state index contributed by atoms with van der Waals surface area (Å²) in [7, 11) is 1.79. The van der Waals surface area contributed by atoms with Gasteiger partial charge >= 0.3 is 6.03 Å². The van der Waals surface area contributed by atoms with Crippen molar-refractivity contribution in [1.82, 2.24) is 19.8 Å². The highest BCUT2D eigenvalue weighted by Crippen LogP contribution is 1.97. The Labute approximate surface area is 114 Å². The molecule has 1 aromatic heterocycles. The fraction of sp³-hybridized carbons (Fsp3) is 0.692. The molecule has 0 spiro atoms. The molecule has 108 valence electrons. The molecule has 6 heteroatoms. The Bertz CT molecular complexity index is 354. The monoisotopic (exact) mass is 268 g/mol. The number of hydrogen-bond acceptors (Lipinski definition) is 3. The zero-order valence-corrected chi connectivity index (χ0v) is 12.0. The van der Waals surface area contributed by atoms with Gasteiger partial charge in [0.25, 0.3) is 0 Å². The van der Waals surface area contributed by atoms with Crippen molar-refractivity contribution in [3.05, 3.63) is 18.7 Å². The predicted octanol–water partition coefficient (Wildman–Crippen LogP) is 1.34. The molecule has 0 aliphatic carbocycles. The van der Waals surface area contributed by atoms with E-state index in [1.807, 2.05) is 17.7 Å². The van der Waals surface area contributed by atoms with Crippen LogP contribution in [0.3, 0.4) is 0 Å². The van der Waals surface area contributed by atoms with E-state index in [-0.39, 0.29) is 12.1 Å². The molecule has 2 amide bonds. The first-order valence-electron chi connectivity index (χ1n) is 6.73. The van der Waals surface area contributed by atoms with E-state index in [1.165, 1.54) is 0 Å². The molecule has 0 radical (unpaired) electrons. The van der Waals surface area contributed by atoms with Crippen LogP contribution in [0.5, 0.6) is 0 Å². The summed E-state index contributed by atoms with van der Waals surface area (Å²) < 4.78 is 7.44. The number of rotatable bonds is 8. The number of imidazole rings is 1. The Morgan fingerprint density at radius 2 is 2.32 bits per heavy atom. The Hall–Kier alpha value is -1.56. The molecular formula is C13H24N4O2. The predicted molar refractivity (Wildman–Crippen MR) is 74.0 cm³/mol. The normalized spacial score (nSPS) is 12.2. The van der Waals surface area contributed by atoms with Crippen molar-refractivity contribution in [2.45, 2.75) is 32.9 Å². The lowest BCUT2D eigenvalue weighted by molar-refractivity contribution is 0.0608. The first-order valence-corrected chi connectivity index (χ1v) is 6.73. The standard InChI is InChI=1S/C13H24N4O2/c1-4-12(19-5-2)10-15-13(18)16(3)8-9-17-7-6-14-11-17/h6-7,11-12H,4-5,8-10H2,1-3H3,(H,15,18). The smallest absolute Gasteiger partial charge is 0.317 e. The molecule has 1 aromatic rings. The summed E-state index contributed by atoms with van der Waals surface area (Å²) in [6.45, 7) is 6.63. The highest BCUT2D eigenvalue weighted by atomic mass is 16.5. The van der Waals surface area contributed by atoms with Gasteiger partial charge in [0, 0.05) is 45.7 Å². The summed E-state index contributed by atoms with van der Waals surface area (Å²) in [6.07, 6.45) is 6.35. The summed E-state index contributed by atoms with van der Waals surface area (Å²) in [4.78, 5) is 17.5. The first kappa shape index (κ1) is 15.5. The van der Waals surface area contributed by atoms with Gasteiger partial charge in [-0.2, -0.15) is 0 Å². The van der Waals surface area contributed by atoms with Crippen LogP contribution in [-0.4, -0.2) is 53.3 Å². The van der Waals surface area contributed by atoms with Gasteiger partial charge < -0.3 is 19.5 Å². The third kappa shape index (κ3) is 5.74. The van der Waals surface area contributed by atoms with Crippen LogP contribution in [0.1, 0.15) is 20.3 Å². The quantitative estimate of drug-likeness (QED) is 0.774. The minimum Gasteiger partial charge on any atom is -0.377 e. The molecule has 0 aliphatic rings. The highest BCUT2D eigenvalue weighted by Gasteiger charge is 2.11. The summed E-state index contributed by atoms with van der Waals surface area (Å²) in [5.41, 5.74) is 0. The number of nitrogens with one attached hydrogen (secondary N) is 1. The van der Waals surface area contributed by atoms with Gasteiger partial charge in [0.15, 0.2) is 0 Å². The Morgan fingerprint density at radius 3 is 2.89 bits per heavy atom. The number of amides is 2. The van der Waals surface area contributed by atoms with Crippen molar-refractivity contribution in [3.63, 3.8) is 0 Å². The summed E-state index contributed by atoms with van der Waals surface area (Å²) in [6, 6.07) is -0.0710. The average molecular weight is 268 g/mol. The molecule has 0 fully saturated rings. The van der Waals surface area contributed by atoms with Crippen LogP contribution in [0, 0.1) is 0 Å². The van der Waals surface area contributed by atoms with Gasteiger partial charge in [-0.3, -0.25) is 0 Å². The lowest BCUT2D eigenvalue weighted by Crippen LogP contribution is -2.42. The van der Waals surface area contributed by atoms with E-state index in [0.29, 0.717) is 19.7 Å². The Balaban J connectivity index is 2.24. The third-order valence-corrected chi connectivity index (χ3v) is 2.94. The minimum absolute atomic E-state index is 0.0710. The second-order valence-electron chi connectivity index (χ2n) is 4.39. The average Bonchev–Trinajstić information content (AvgIpc) is 2.93. The van der Waals surface area contributed by atoms with Crippen LogP contribution in [0.25, 0.3) is 0 Å². The molecule has 0 bridgehead atoms. The highest BCUT2D eigenvalue weighted by molar-refractivity contribution is 5.73. The van der Waals surface area contributed by atoms with E-state index in [0.717, 1.165) is 13.0 Å². The van der Waals surface area contributed by atoms with Gasteiger partial charge in [-0.15, -0.1) is 0 Å². The Morgan fingerprint density at radius 1 is 1.53 bits per heavy atom. The molecule has 0 saturated heterocycles. The molecular weight excluding hydrogens is 244 g/mol. The number of nitrogens with zero attached hydrogens (tertiary/aromatic N) is 3. The number of urea groups is 1. The summed E-state index contributed by atoms with van der Waals surface area (Å²) in [5.74, 6) is 0. The van der Waals surface area contributed by atoms with Crippen LogP contribution < -0.4 is 5.32 Å². The maximum absolute atomic E-state index is 11.9. The fourth-order valence-electron chi connectivity index (χ4n) is 1.68. The maximum Gasteiger partial charge on any atom is 0.317 e. The number of ether oxygens (including phenoxy) is 1. The summed E-state index contributed by atoms with van der Waals surface area (Å²) >= 11 is 0. The van der Waals surface area contributed by atoms with E-state index in [1.54, 1.807) is 24.5 Å². The summed E-state index contributed by atoms with van der Waals surface area (Å²) in [5, 5.41) is 2.89. The van der Waals surface area contributed by atoms with Gasteiger partial charge in [-0.25, -0.2) is 9.78 Å². The van der Waals surface area contributed by atoms with Crippen LogP contribution in [0.4, 0.5) is 4.79 Å². The molecule has 1 atom stereocenters. The van der Waals surface area contributed by atoms with Crippen molar-refractivity contribution >= 4 is 6.03 Å². The first-order chi connectivity index (χ1) is 9.17. The number of aromatic nitrogens is 2. The van der Waals surface area contributed by atoms with Gasteiger partial charge in [0.05, 0.1) is 12.4 Å². The molecule has 1 N–H and O–H groups in total. The number of likely N-dealkylation sites (N-methyl/N-ethyl adjacent to an activating group) is 1. The number of carbonyl (C=O) groups excluding carboxylic acids is 1. The fourth-order valence-corrected chi connectivity index (χ4v) is 1.68. The zero-order chi connectivity index (χ0) is 14.1.